The van der Waals surface area contributed by atoms with Gasteiger partial charge in [0, 0.05) is 0 Å². The fraction of sp³-hybridized carbons (Fsp3) is 0.500. The highest BCUT2D eigenvalue weighted by molar-refractivity contribution is 5.71. The molecular formula is C6H10N4O2. The third-order valence-corrected chi connectivity index (χ3v) is 1.48. The molecule has 1 aromatic heterocycles. The Morgan fingerprint density at radius 3 is 2.92 bits per heavy atom. The monoisotopic (exact) mass is 170 g/mol. The van der Waals surface area contributed by atoms with Gasteiger partial charge in [-0.05, 0) is 6.42 Å². The molecule has 0 aromatic carbocycles. The summed E-state index contributed by atoms with van der Waals surface area (Å²) in [4.78, 5) is 11.7. The first kappa shape index (κ1) is 8.51. The van der Waals surface area contributed by atoms with Crippen LogP contribution in [0.15, 0.2) is 6.20 Å². The minimum atomic E-state index is -0.951. The van der Waals surface area contributed by atoms with Crippen LogP contribution in [-0.2, 0) is 4.79 Å². The summed E-state index contributed by atoms with van der Waals surface area (Å²) in [5, 5.41) is 16.1. The van der Waals surface area contributed by atoms with Crippen LogP contribution in [0, 0.1) is 0 Å². The molecule has 1 unspecified atom stereocenters. The first-order chi connectivity index (χ1) is 5.65. The summed E-state index contributed by atoms with van der Waals surface area (Å²) in [5.74, 6) is -0.720. The predicted molar refractivity (Wildman–Crippen MR) is 41.4 cm³/mol. The molecule has 0 aliphatic carbocycles. The molecule has 1 heterocycles. The largest absolute Gasteiger partial charge is 0.480 e. The molecule has 1 atom stereocenters. The number of hydrogen-bond acceptors (Lipinski definition) is 4. The summed E-state index contributed by atoms with van der Waals surface area (Å²) in [6.45, 7) is 1.75. The van der Waals surface area contributed by atoms with Gasteiger partial charge in [0.1, 0.15) is 0 Å². The Bertz CT molecular complexity index is 283. The average molecular weight is 170 g/mol. The van der Waals surface area contributed by atoms with Crippen LogP contribution < -0.4 is 5.73 Å². The highest BCUT2D eigenvalue weighted by Gasteiger charge is 2.18. The third kappa shape index (κ3) is 1.52. The molecule has 0 spiro atoms. The lowest BCUT2D eigenvalue weighted by Gasteiger charge is -2.06. The van der Waals surface area contributed by atoms with Crippen LogP contribution in [0.3, 0.4) is 0 Å². The highest BCUT2D eigenvalue weighted by Crippen LogP contribution is 2.08. The van der Waals surface area contributed by atoms with Crippen LogP contribution in [0.25, 0.3) is 0 Å². The second-order valence-corrected chi connectivity index (χ2v) is 2.35. The van der Waals surface area contributed by atoms with Gasteiger partial charge < -0.3 is 10.8 Å². The lowest BCUT2D eigenvalue weighted by atomic mass is 10.2. The van der Waals surface area contributed by atoms with Crippen LogP contribution >= 0.6 is 0 Å². The molecule has 6 nitrogen and oxygen atoms in total. The first-order valence-electron chi connectivity index (χ1n) is 3.55. The van der Waals surface area contributed by atoms with Crippen molar-refractivity contribution >= 4 is 11.8 Å². The van der Waals surface area contributed by atoms with E-state index in [1.54, 1.807) is 6.92 Å². The van der Waals surface area contributed by atoms with E-state index in [1.807, 2.05) is 0 Å². The second kappa shape index (κ2) is 3.21. The Morgan fingerprint density at radius 1 is 1.92 bits per heavy atom. The Morgan fingerprint density at radius 2 is 2.58 bits per heavy atom. The van der Waals surface area contributed by atoms with Gasteiger partial charge in [-0.1, -0.05) is 6.92 Å². The van der Waals surface area contributed by atoms with Crippen molar-refractivity contribution in [2.45, 2.75) is 19.4 Å². The fourth-order valence-electron chi connectivity index (χ4n) is 0.875. The van der Waals surface area contributed by atoms with Gasteiger partial charge >= 0.3 is 5.97 Å². The quantitative estimate of drug-likeness (QED) is 0.660. The number of carbonyl (C=O) groups is 1. The van der Waals surface area contributed by atoms with E-state index in [9.17, 15) is 4.79 Å². The summed E-state index contributed by atoms with van der Waals surface area (Å²) in [7, 11) is 0. The summed E-state index contributed by atoms with van der Waals surface area (Å²) >= 11 is 0. The van der Waals surface area contributed by atoms with Gasteiger partial charge in [-0.25, -0.2) is 4.79 Å². The van der Waals surface area contributed by atoms with Crippen LogP contribution in [0.4, 0.5) is 5.82 Å². The topological polar surface area (TPSA) is 94.0 Å². The van der Waals surface area contributed by atoms with E-state index < -0.39 is 12.0 Å². The van der Waals surface area contributed by atoms with Crippen molar-refractivity contribution < 1.29 is 9.90 Å². The number of carboxylic acid groups (broad SMARTS) is 1. The number of nitrogen functional groups attached to an aromatic ring is 1. The molecular weight excluding hydrogens is 160 g/mol. The SMILES string of the molecule is CCC(C(=O)O)n1ncc(N)n1. The second-order valence-electron chi connectivity index (χ2n) is 2.35. The third-order valence-electron chi connectivity index (χ3n) is 1.48. The number of aliphatic carboxylic acids is 1. The number of nitrogens with two attached hydrogens (primary N) is 1. The number of nitrogens with zero attached hydrogens (tertiary/aromatic N) is 3. The zero-order valence-corrected chi connectivity index (χ0v) is 6.64. The summed E-state index contributed by atoms with van der Waals surface area (Å²) < 4.78 is 0. The molecule has 0 bridgehead atoms. The molecule has 0 aliphatic heterocycles. The molecule has 6 heteroatoms. The maximum absolute atomic E-state index is 10.6. The fourth-order valence-corrected chi connectivity index (χ4v) is 0.875. The van der Waals surface area contributed by atoms with E-state index in [0.717, 1.165) is 4.80 Å². The normalized spacial score (nSPS) is 12.8. The van der Waals surface area contributed by atoms with E-state index in [2.05, 4.69) is 10.2 Å². The Labute approximate surface area is 69.0 Å². The van der Waals surface area contributed by atoms with Crippen molar-refractivity contribution in [2.24, 2.45) is 0 Å². The first-order valence-corrected chi connectivity index (χ1v) is 3.55. The molecule has 1 rings (SSSR count). The molecule has 1 aromatic rings. The smallest absolute Gasteiger partial charge is 0.330 e. The van der Waals surface area contributed by atoms with Crippen LogP contribution in [-0.4, -0.2) is 26.1 Å². The van der Waals surface area contributed by atoms with E-state index in [1.165, 1.54) is 6.20 Å². The Balaban J connectivity index is 2.87. The molecule has 0 amide bonds. The van der Waals surface area contributed by atoms with Crippen molar-refractivity contribution in [2.75, 3.05) is 5.73 Å². The molecule has 0 saturated heterocycles. The van der Waals surface area contributed by atoms with E-state index >= 15 is 0 Å². The van der Waals surface area contributed by atoms with E-state index in [4.69, 9.17) is 10.8 Å². The van der Waals surface area contributed by atoms with Gasteiger partial charge in [-0.2, -0.15) is 9.90 Å². The molecule has 0 fully saturated rings. The maximum Gasteiger partial charge on any atom is 0.330 e. The standard InChI is InChI=1S/C6H10N4O2/c1-2-4(6(11)12)10-8-3-5(7)9-10/h3-4H,2H2,1H3,(H2,7,9)(H,11,12). The highest BCUT2D eigenvalue weighted by atomic mass is 16.4. The molecule has 12 heavy (non-hydrogen) atoms. The lowest BCUT2D eigenvalue weighted by Crippen LogP contribution is -2.20. The van der Waals surface area contributed by atoms with Crippen LogP contribution in [0.5, 0.6) is 0 Å². The van der Waals surface area contributed by atoms with Gasteiger partial charge in [0.2, 0.25) is 0 Å². The van der Waals surface area contributed by atoms with Crippen molar-refractivity contribution in [1.82, 2.24) is 15.0 Å². The van der Waals surface area contributed by atoms with Crippen molar-refractivity contribution in [3.63, 3.8) is 0 Å². The maximum atomic E-state index is 10.6. The minimum absolute atomic E-state index is 0.231. The molecule has 0 radical (unpaired) electrons. The van der Waals surface area contributed by atoms with Crippen LogP contribution in [0.2, 0.25) is 0 Å². The van der Waals surface area contributed by atoms with Crippen LogP contribution in [0.1, 0.15) is 19.4 Å². The van der Waals surface area contributed by atoms with Crippen molar-refractivity contribution in [3.8, 4) is 0 Å². The number of aromatic nitrogens is 3. The molecule has 3 N–H and O–H groups in total. The summed E-state index contributed by atoms with van der Waals surface area (Å²) in [6, 6.07) is -0.720. The van der Waals surface area contributed by atoms with E-state index in [0.29, 0.717) is 6.42 Å². The lowest BCUT2D eigenvalue weighted by molar-refractivity contribution is -0.141. The van der Waals surface area contributed by atoms with Gasteiger partial charge in [0.15, 0.2) is 11.9 Å². The van der Waals surface area contributed by atoms with Crippen molar-refractivity contribution in [1.29, 1.82) is 0 Å². The molecule has 0 aliphatic rings. The Kier molecular flexibility index (Phi) is 2.27. The van der Waals surface area contributed by atoms with Crippen molar-refractivity contribution in [3.05, 3.63) is 6.20 Å². The van der Waals surface area contributed by atoms with Gasteiger partial charge in [-0.3, -0.25) is 0 Å². The van der Waals surface area contributed by atoms with Gasteiger partial charge in [0.05, 0.1) is 6.20 Å². The predicted octanol–water partition coefficient (Wildman–Crippen LogP) is -0.104. The van der Waals surface area contributed by atoms with E-state index in [-0.39, 0.29) is 5.82 Å². The molecule has 66 valence electrons. The molecule has 0 saturated carbocycles. The zero-order chi connectivity index (χ0) is 9.14. The minimum Gasteiger partial charge on any atom is -0.480 e. The number of hydrogen-bond donors (Lipinski definition) is 2. The zero-order valence-electron chi connectivity index (χ0n) is 6.64. The van der Waals surface area contributed by atoms with Gasteiger partial charge in [-0.15, -0.1) is 5.10 Å². The number of rotatable bonds is 3. The summed E-state index contributed by atoms with van der Waals surface area (Å²) in [5.41, 5.74) is 5.28. The summed E-state index contributed by atoms with van der Waals surface area (Å²) in [6.07, 6.45) is 1.76. The van der Waals surface area contributed by atoms with Gasteiger partial charge in [0.25, 0.3) is 0 Å². The number of carboxylic acids is 1. The average Bonchev–Trinajstić information content (AvgIpc) is 2.37. The number of anilines is 1. The Hall–Kier alpha value is -1.59.